The fourth-order valence-corrected chi connectivity index (χ4v) is 2.57. The second kappa shape index (κ2) is 6.55. The minimum atomic E-state index is -0.747. The first-order valence-electron chi connectivity index (χ1n) is 6.86. The molecular formula is C17H11Cl2NO4. The number of fused-ring (bicyclic) bond motifs is 1. The van der Waals surface area contributed by atoms with E-state index in [0.29, 0.717) is 32.5 Å². The highest BCUT2D eigenvalue weighted by molar-refractivity contribution is 6.31. The zero-order valence-corrected chi connectivity index (χ0v) is 13.9. The molecule has 0 unspecified atom stereocenters. The van der Waals surface area contributed by atoms with Crippen LogP contribution in [-0.2, 0) is 0 Å². The standard InChI is InChI=1S/C17H11Cl2NO4/c1-23-15-5-3-11(19)8-13(15)20-16(21)12-7-9-6-10(18)2-4-14(9)24-17(12)22/h2-8H,1H3,(H,20,21). The summed E-state index contributed by atoms with van der Waals surface area (Å²) in [6, 6.07) is 11.0. The van der Waals surface area contributed by atoms with Crippen molar-refractivity contribution in [2.45, 2.75) is 0 Å². The summed E-state index contributed by atoms with van der Waals surface area (Å²) in [5, 5.41) is 4.04. The van der Waals surface area contributed by atoms with E-state index in [1.54, 1.807) is 30.3 Å². The lowest BCUT2D eigenvalue weighted by atomic mass is 10.1. The Bertz CT molecular complexity index is 998. The van der Waals surface area contributed by atoms with Crippen LogP contribution in [0, 0.1) is 0 Å². The maximum Gasteiger partial charge on any atom is 0.349 e. The molecule has 1 aromatic heterocycles. The number of anilines is 1. The first-order valence-corrected chi connectivity index (χ1v) is 7.62. The Labute approximate surface area is 146 Å². The molecule has 122 valence electrons. The highest BCUT2D eigenvalue weighted by Gasteiger charge is 2.16. The second-order valence-electron chi connectivity index (χ2n) is 4.93. The number of carbonyl (C=O) groups excluding carboxylic acids is 1. The third-order valence-electron chi connectivity index (χ3n) is 3.35. The van der Waals surface area contributed by atoms with Gasteiger partial charge < -0.3 is 14.5 Å². The number of hydrogen-bond donors (Lipinski definition) is 1. The van der Waals surface area contributed by atoms with Crippen molar-refractivity contribution in [3.05, 3.63) is 68.5 Å². The van der Waals surface area contributed by atoms with Crippen LogP contribution in [-0.4, -0.2) is 13.0 Å². The number of benzene rings is 2. The average Bonchev–Trinajstić information content (AvgIpc) is 2.54. The summed E-state index contributed by atoms with van der Waals surface area (Å²) in [7, 11) is 1.46. The van der Waals surface area contributed by atoms with Gasteiger partial charge in [-0.2, -0.15) is 0 Å². The van der Waals surface area contributed by atoms with Gasteiger partial charge in [-0.15, -0.1) is 0 Å². The monoisotopic (exact) mass is 363 g/mol. The number of carbonyl (C=O) groups is 1. The largest absolute Gasteiger partial charge is 0.495 e. The van der Waals surface area contributed by atoms with Crippen LogP contribution in [0.1, 0.15) is 10.4 Å². The SMILES string of the molecule is COc1ccc(Cl)cc1NC(=O)c1cc2cc(Cl)ccc2oc1=O. The summed E-state index contributed by atoms with van der Waals surface area (Å²) in [5.41, 5.74) is -0.197. The molecule has 0 fully saturated rings. The summed E-state index contributed by atoms with van der Waals surface area (Å²) >= 11 is 11.9. The van der Waals surface area contributed by atoms with E-state index in [4.69, 9.17) is 32.4 Å². The zero-order chi connectivity index (χ0) is 17.3. The van der Waals surface area contributed by atoms with Crippen molar-refractivity contribution in [3.63, 3.8) is 0 Å². The minimum Gasteiger partial charge on any atom is -0.495 e. The second-order valence-corrected chi connectivity index (χ2v) is 5.80. The van der Waals surface area contributed by atoms with Crippen LogP contribution in [0.25, 0.3) is 11.0 Å². The molecule has 0 bridgehead atoms. The van der Waals surface area contributed by atoms with E-state index in [1.165, 1.54) is 19.2 Å². The van der Waals surface area contributed by atoms with Crippen molar-refractivity contribution in [2.24, 2.45) is 0 Å². The first-order chi connectivity index (χ1) is 11.5. The van der Waals surface area contributed by atoms with Crippen molar-refractivity contribution in [2.75, 3.05) is 12.4 Å². The Morgan fingerprint density at radius 2 is 1.79 bits per heavy atom. The third kappa shape index (κ3) is 3.22. The maximum atomic E-state index is 12.4. The van der Waals surface area contributed by atoms with Gasteiger partial charge in [0.2, 0.25) is 0 Å². The molecule has 3 aromatic rings. The molecule has 1 N–H and O–H groups in total. The van der Waals surface area contributed by atoms with Crippen molar-refractivity contribution < 1.29 is 13.9 Å². The van der Waals surface area contributed by atoms with E-state index in [9.17, 15) is 9.59 Å². The molecule has 24 heavy (non-hydrogen) atoms. The van der Waals surface area contributed by atoms with Gasteiger partial charge in [-0.1, -0.05) is 23.2 Å². The summed E-state index contributed by atoms with van der Waals surface area (Å²) in [6.45, 7) is 0. The minimum absolute atomic E-state index is 0.146. The van der Waals surface area contributed by atoms with Gasteiger partial charge in [0.1, 0.15) is 16.9 Å². The first kappa shape index (κ1) is 16.4. The van der Waals surface area contributed by atoms with Gasteiger partial charge in [0, 0.05) is 15.4 Å². The molecule has 3 rings (SSSR count). The molecule has 0 aliphatic carbocycles. The Morgan fingerprint density at radius 1 is 1.08 bits per heavy atom. The molecule has 1 heterocycles. The Morgan fingerprint density at radius 3 is 2.54 bits per heavy atom. The lowest BCUT2D eigenvalue weighted by Crippen LogP contribution is -2.21. The zero-order valence-electron chi connectivity index (χ0n) is 12.4. The van der Waals surface area contributed by atoms with Gasteiger partial charge in [-0.05, 0) is 42.5 Å². The van der Waals surface area contributed by atoms with Crippen molar-refractivity contribution in [3.8, 4) is 5.75 Å². The van der Waals surface area contributed by atoms with Crippen molar-refractivity contribution >= 4 is 45.8 Å². The lowest BCUT2D eigenvalue weighted by molar-refractivity contribution is 0.102. The van der Waals surface area contributed by atoms with Crippen molar-refractivity contribution in [1.29, 1.82) is 0 Å². The molecule has 0 saturated carbocycles. The topological polar surface area (TPSA) is 68.5 Å². The van der Waals surface area contributed by atoms with Crippen LogP contribution in [0.2, 0.25) is 10.0 Å². The summed E-state index contributed by atoms with van der Waals surface area (Å²) < 4.78 is 10.3. The fraction of sp³-hybridized carbons (Fsp3) is 0.0588. The molecule has 0 spiro atoms. The molecule has 0 aliphatic heterocycles. The van der Waals surface area contributed by atoms with E-state index in [0.717, 1.165) is 0 Å². The summed E-state index contributed by atoms with van der Waals surface area (Å²) in [5.74, 6) is -0.216. The fourth-order valence-electron chi connectivity index (χ4n) is 2.22. The Balaban J connectivity index is 2.01. The van der Waals surface area contributed by atoms with Crippen molar-refractivity contribution in [1.82, 2.24) is 0 Å². The van der Waals surface area contributed by atoms with Gasteiger partial charge >= 0.3 is 5.63 Å². The predicted molar refractivity (Wildman–Crippen MR) is 93.5 cm³/mol. The van der Waals surface area contributed by atoms with Gasteiger partial charge in [0.15, 0.2) is 0 Å². The molecule has 2 aromatic carbocycles. The molecule has 7 heteroatoms. The van der Waals surface area contributed by atoms with E-state index >= 15 is 0 Å². The van der Waals surface area contributed by atoms with E-state index in [-0.39, 0.29) is 5.56 Å². The summed E-state index contributed by atoms with van der Waals surface area (Å²) in [4.78, 5) is 24.5. The van der Waals surface area contributed by atoms with Gasteiger partial charge in [0.05, 0.1) is 12.8 Å². The summed E-state index contributed by atoms with van der Waals surface area (Å²) in [6.07, 6.45) is 0. The number of rotatable bonds is 3. The smallest absolute Gasteiger partial charge is 0.349 e. The molecule has 5 nitrogen and oxygen atoms in total. The number of amides is 1. The van der Waals surface area contributed by atoms with Crippen LogP contribution < -0.4 is 15.7 Å². The average molecular weight is 364 g/mol. The molecule has 0 atom stereocenters. The van der Waals surface area contributed by atoms with Crippen LogP contribution in [0.15, 0.2) is 51.7 Å². The van der Waals surface area contributed by atoms with Gasteiger partial charge in [-0.25, -0.2) is 4.79 Å². The number of halogens is 2. The highest BCUT2D eigenvalue weighted by Crippen LogP contribution is 2.28. The molecule has 0 saturated heterocycles. The van der Waals surface area contributed by atoms with E-state index in [2.05, 4.69) is 5.32 Å². The van der Waals surface area contributed by atoms with Crippen LogP contribution in [0.5, 0.6) is 5.75 Å². The normalized spacial score (nSPS) is 10.6. The molecule has 1 amide bonds. The quantitative estimate of drug-likeness (QED) is 0.701. The number of ether oxygens (including phenoxy) is 1. The maximum absolute atomic E-state index is 12.4. The molecule has 0 aliphatic rings. The van der Waals surface area contributed by atoms with Gasteiger partial charge in [0.25, 0.3) is 5.91 Å². The Kier molecular flexibility index (Phi) is 4.46. The van der Waals surface area contributed by atoms with E-state index < -0.39 is 11.5 Å². The van der Waals surface area contributed by atoms with Crippen LogP contribution >= 0.6 is 23.2 Å². The predicted octanol–water partition coefficient (Wildman–Crippen LogP) is 4.36. The number of methoxy groups -OCH3 is 1. The Hall–Kier alpha value is -2.50. The van der Waals surface area contributed by atoms with Gasteiger partial charge in [-0.3, -0.25) is 4.79 Å². The highest BCUT2D eigenvalue weighted by atomic mass is 35.5. The number of nitrogens with one attached hydrogen (secondary N) is 1. The molecule has 0 radical (unpaired) electrons. The van der Waals surface area contributed by atoms with E-state index in [1.807, 2.05) is 0 Å². The van der Waals surface area contributed by atoms with Crippen LogP contribution in [0.3, 0.4) is 0 Å². The lowest BCUT2D eigenvalue weighted by Gasteiger charge is -2.10. The third-order valence-corrected chi connectivity index (χ3v) is 3.82. The molecular weight excluding hydrogens is 353 g/mol. The number of hydrogen-bond acceptors (Lipinski definition) is 4. The van der Waals surface area contributed by atoms with Crippen LogP contribution in [0.4, 0.5) is 5.69 Å².